The number of hydrogen-bond acceptors (Lipinski definition) is 2. The predicted octanol–water partition coefficient (Wildman–Crippen LogP) is 3.47. The average molecular weight is 246 g/mol. The Kier molecular flexibility index (Phi) is 3.28. The molecule has 0 atom stereocenters. The summed E-state index contributed by atoms with van der Waals surface area (Å²) in [4.78, 5) is 11.4. The second kappa shape index (κ2) is 4.72. The van der Waals surface area contributed by atoms with E-state index in [9.17, 15) is 9.18 Å². The van der Waals surface area contributed by atoms with Crippen LogP contribution in [0.1, 0.15) is 37.3 Å². The first-order valence-corrected chi connectivity index (χ1v) is 5.86. The van der Waals surface area contributed by atoms with Gasteiger partial charge < -0.3 is 0 Å². The number of carbonyl (C=O) groups excluding carboxylic acids is 1. The molecule has 1 aromatic heterocycles. The SMILES string of the molecule is CC(=O)c1cc(-c2ccccc2F)n(C(C)C)n1. The Labute approximate surface area is 105 Å². The predicted molar refractivity (Wildman–Crippen MR) is 68.0 cm³/mol. The molecule has 2 aromatic rings. The summed E-state index contributed by atoms with van der Waals surface area (Å²) in [5.41, 5.74) is 1.46. The normalized spacial score (nSPS) is 10.9. The van der Waals surface area contributed by atoms with Crippen molar-refractivity contribution in [3.8, 4) is 11.3 Å². The van der Waals surface area contributed by atoms with Crippen LogP contribution in [0.5, 0.6) is 0 Å². The van der Waals surface area contributed by atoms with Crippen LogP contribution >= 0.6 is 0 Å². The van der Waals surface area contributed by atoms with Crippen molar-refractivity contribution in [2.24, 2.45) is 0 Å². The molecule has 0 aliphatic heterocycles. The molecule has 0 amide bonds. The van der Waals surface area contributed by atoms with Crippen LogP contribution < -0.4 is 0 Å². The van der Waals surface area contributed by atoms with E-state index in [0.29, 0.717) is 17.0 Å². The molecule has 0 N–H and O–H groups in total. The van der Waals surface area contributed by atoms with Crippen molar-refractivity contribution in [2.45, 2.75) is 26.8 Å². The minimum absolute atomic E-state index is 0.0627. The van der Waals surface area contributed by atoms with Crippen LogP contribution in [0.15, 0.2) is 30.3 Å². The average Bonchev–Trinajstić information content (AvgIpc) is 2.74. The molecule has 4 heteroatoms. The minimum atomic E-state index is -0.311. The molecule has 1 heterocycles. The fraction of sp³-hybridized carbons (Fsp3) is 0.286. The molecule has 18 heavy (non-hydrogen) atoms. The van der Waals surface area contributed by atoms with Crippen molar-refractivity contribution in [1.29, 1.82) is 0 Å². The van der Waals surface area contributed by atoms with E-state index >= 15 is 0 Å². The Hall–Kier alpha value is -1.97. The van der Waals surface area contributed by atoms with Crippen LogP contribution in [0.3, 0.4) is 0 Å². The molecule has 2 rings (SSSR count). The Morgan fingerprint density at radius 3 is 2.56 bits per heavy atom. The molecule has 3 nitrogen and oxygen atoms in total. The van der Waals surface area contributed by atoms with E-state index in [4.69, 9.17) is 0 Å². The third-order valence-corrected chi connectivity index (χ3v) is 2.74. The van der Waals surface area contributed by atoms with Crippen LogP contribution in [-0.4, -0.2) is 15.6 Å². The zero-order chi connectivity index (χ0) is 13.3. The van der Waals surface area contributed by atoms with Gasteiger partial charge in [-0.15, -0.1) is 0 Å². The minimum Gasteiger partial charge on any atom is -0.293 e. The molecule has 0 fully saturated rings. The quantitative estimate of drug-likeness (QED) is 0.777. The summed E-state index contributed by atoms with van der Waals surface area (Å²) >= 11 is 0. The molecule has 0 spiro atoms. The van der Waals surface area contributed by atoms with Gasteiger partial charge in [-0.3, -0.25) is 9.48 Å². The molecule has 0 aliphatic carbocycles. The zero-order valence-corrected chi connectivity index (χ0v) is 10.6. The number of rotatable bonds is 3. The van der Waals surface area contributed by atoms with Crippen molar-refractivity contribution < 1.29 is 9.18 Å². The summed E-state index contributed by atoms with van der Waals surface area (Å²) in [6, 6.07) is 8.20. The van der Waals surface area contributed by atoms with Gasteiger partial charge in [0.15, 0.2) is 5.78 Å². The van der Waals surface area contributed by atoms with Gasteiger partial charge in [-0.25, -0.2) is 4.39 Å². The molecule has 0 unspecified atom stereocenters. The Bertz CT molecular complexity index is 587. The van der Waals surface area contributed by atoms with Crippen LogP contribution in [-0.2, 0) is 0 Å². The Morgan fingerprint density at radius 2 is 2.00 bits per heavy atom. The Balaban J connectivity index is 2.63. The number of nitrogens with zero attached hydrogens (tertiary/aromatic N) is 2. The molecule has 0 saturated heterocycles. The summed E-state index contributed by atoms with van der Waals surface area (Å²) in [7, 11) is 0. The van der Waals surface area contributed by atoms with Gasteiger partial charge in [-0.2, -0.15) is 5.10 Å². The second-order valence-electron chi connectivity index (χ2n) is 4.49. The third kappa shape index (κ3) is 2.18. The highest BCUT2D eigenvalue weighted by Gasteiger charge is 2.16. The number of Topliss-reactive ketones (excluding diaryl/α,β-unsaturated/α-hetero) is 1. The number of carbonyl (C=O) groups is 1. The maximum Gasteiger partial charge on any atom is 0.180 e. The zero-order valence-electron chi connectivity index (χ0n) is 10.6. The van der Waals surface area contributed by atoms with E-state index in [1.807, 2.05) is 13.8 Å². The largest absolute Gasteiger partial charge is 0.293 e. The first-order chi connectivity index (χ1) is 8.50. The molecular formula is C14H15FN2O. The van der Waals surface area contributed by atoms with Gasteiger partial charge in [0.2, 0.25) is 0 Å². The topological polar surface area (TPSA) is 34.9 Å². The first-order valence-electron chi connectivity index (χ1n) is 5.86. The van der Waals surface area contributed by atoms with Crippen LogP contribution in [0, 0.1) is 5.82 Å². The summed E-state index contributed by atoms with van der Waals surface area (Å²) in [6.45, 7) is 5.35. The fourth-order valence-electron chi connectivity index (χ4n) is 1.83. The maximum absolute atomic E-state index is 13.8. The van der Waals surface area contributed by atoms with Crippen LogP contribution in [0.25, 0.3) is 11.3 Å². The van der Waals surface area contributed by atoms with Crippen molar-refractivity contribution in [1.82, 2.24) is 9.78 Å². The molecular weight excluding hydrogens is 231 g/mol. The van der Waals surface area contributed by atoms with E-state index in [1.165, 1.54) is 13.0 Å². The summed E-state index contributed by atoms with van der Waals surface area (Å²) in [5, 5.41) is 4.23. The number of ketones is 1. The molecule has 0 saturated carbocycles. The van der Waals surface area contributed by atoms with E-state index in [2.05, 4.69) is 5.10 Å². The van der Waals surface area contributed by atoms with Gasteiger partial charge in [-0.05, 0) is 32.0 Å². The lowest BCUT2D eigenvalue weighted by molar-refractivity contribution is 0.101. The second-order valence-corrected chi connectivity index (χ2v) is 4.49. The molecule has 0 aliphatic rings. The van der Waals surface area contributed by atoms with Crippen molar-refractivity contribution in [2.75, 3.05) is 0 Å². The van der Waals surface area contributed by atoms with E-state index in [-0.39, 0.29) is 17.6 Å². The van der Waals surface area contributed by atoms with Gasteiger partial charge in [0.05, 0.1) is 5.69 Å². The van der Waals surface area contributed by atoms with Crippen molar-refractivity contribution in [3.63, 3.8) is 0 Å². The molecule has 0 bridgehead atoms. The van der Waals surface area contributed by atoms with Gasteiger partial charge in [0.1, 0.15) is 11.5 Å². The third-order valence-electron chi connectivity index (χ3n) is 2.74. The van der Waals surface area contributed by atoms with Crippen molar-refractivity contribution in [3.05, 3.63) is 41.8 Å². The lowest BCUT2D eigenvalue weighted by atomic mass is 10.1. The number of benzene rings is 1. The summed E-state index contributed by atoms with van der Waals surface area (Å²) < 4.78 is 15.5. The highest BCUT2D eigenvalue weighted by Crippen LogP contribution is 2.26. The lowest BCUT2D eigenvalue weighted by Gasteiger charge is -2.11. The summed E-state index contributed by atoms with van der Waals surface area (Å²) in [6.07, 6.45) is 0. The molecule has 0 radical (unpaired) electrons. The van der Waals surface area contributed by atoms with Crippen molar-refractivity contribution >= 4 is 5.78 Å². The first kappa shape index (κ1) is 12.5. The van der Waals surface area contributed by atoms with Gasteiger partial charge >= 0.3 is 0 Å². The van der Waals surface area contributed by atoms with E-state index in [0.717, 1.165) is 0 Å². The fourth-order valence-corrected chi connectivity index (χ4v) is 1.83. The summed E-state index contributed by atoms with van der Waals surface area (Å²) in [5.74, 6) is -0.429. The van der Waals surface area contributed by atoms with Gasteiger partial charge in [0, 0.05) is 18.5 Å². The standard InChI is InChI=1S/C14H15FN2O/c1-9(2)17-14(8-13(16-17)10(3)18)11-6-4-5-7-12(11)15/h4-9H,1-3H3. The lowest BCUT2D eigenvalue weighted by Crippen LogP contribution is -2.06. The maximum atomic E-state index is 13.8. The number of halogens is 1. The number of hydrogen-bond donors (Lipinski definition) is 0. The van der Waals surface area contributed by atoms with Crippen LogP contribution in [0.2, 0.25) is 0 Å². The monoisotopic (exact) mass is 246 g/mol. The smallest absolute Gasteiger partial charge is 0.180 e. The highest BCUT2D eigenvalue weighted by atomic mass is 19.1. The molecule has 94 valence electrons. The molecule has 1 aromatic carbocycles. The van der Waals surface area contributed by atoms with E-state index in [1.54, 1.807) is 28.9 Å². The van der Waals surface area contributed by atoms with Crippen LogP contribution in [0.4, 0.5) is 4.39 Å². The Morgan fingerprint density at radius 1 is 1.33 bits per heavy atom. The highest BCUT2D eigenvalue weighted by molar-refractivity contribution is 5.93. The van der Waals surface area contributed by atoms with Gasteiger partial charge in [0.25, 0.3) is 0 Å². The number of aromatic nitrogens is 2. The van der Waals surface area contributed by atoms with Gasteiger partial charge in [-0.1, -0.05) is 12.1 Å². The van der Waals surface area contributed by atoms with E-state index < -0.39 is 0 Å².